The molecule has 1 unspecified atom stereocenters. The number of benzene rings is 2. The van der Waals surface area contributed by atoms with Crippen molar-refractivity contribution in [3.63, 3.8) is 0 Å². The summed E-state index contributed by atoms with van der Waals surface area (Å²) < 4.78 is 30.7. The summed E-state index contributed by atoms with van der Waals surface area (Å²) in [7, 11) is 0. The summed E-state index contributed by atoms with van der Waals surface area (Å²) in [5.74, 6) is 0.612. The molecule has 2 aromatic carbocycles. The predicted octanol–water partition coefficient (Wildman–Crippen LogP) is 8.21. The van der Waals surface area contributed by atoms with Gasteiger partial charge >= 0.3 is 0 Å². The number of aromatic nitrogens is 3. The Morgan fingerprint density at radius 3 is 2.22 bits per heavy atom. The molecule has 3 saturated heterocycles. The number of pyridine rings is 1. The molecule has 356 valence electrons. The zero-order valence-corrected chi connectivity index (χ0v) is 38.9. The number of piperidine rings is 3. The molecule has 3 amide bonds. The van der Waals surface area contributed by atoms with Gasteiger partial charge in [-0.3, -0.25) is 24.7 Å². The van der Waals surface area contributed by atoms with Gasteiger partial charge in [-0.05, 0) is 155 Å². The van der Waals surface area contributed by atoms with E-state index < -0.39 is 29.2 Å². The van der Waals surface area contributed by atoms with Crippen molar-refractivity contribution in [3.05, 3.63) is 94.3 Å². The zero-order valence-electron chi connectivity index (χ0n) is 38.9. The van der Waals surface area contributed by atoms with Crippen molar-refractivity contribution < 1.29 is 28.3 Å². The van der Waals surface area contributed by atoms with Crippen LogP contribution in [-0.4, -0.2) is 104 Å². The first kappa shape index (κ1) is 45.0. The van der Waals surface area contributed by atoms with Crippen molar-refractivity contribution in [2.75, 3.05) is 44.6 Å². The molecule has 5 fully saturated rings. The average Bonchev–Trinajstić information content (AvgIpc) is 4.05. The van der Waals surface area contributed by atoms with Crippen LogP contribution in [0, 0.1) is 23.5 Å². The second-order valence-corrected chi connectivity index (χ2v) is 20.9. The zero-order chi connectivity index (χ0) is 46.7. The van der Waals surface area contributed by atoms with Crippen LogP contribution in [0.4, 0.5) is 26.2 Å². The Kier molecular flexibility index (Phi) is 12.0. The molecule has 15 heteroatoms. The molecule has 7 heterocycles. The van der Waals surface area contributed by atoms with Gasteiger partial charge in [0.25, 0.3) is 5.91 Å². The topological polar surface area (TPSA) is 156 Å². The second-order valence-electron chi connectivity index (χ2n) is 20.9. The molecule has 2 aromatic heterocycles. The van der Waals surface area contributed by atoms with Gasteiger partial charge in [-0.15, -0.1) is 0 Å². The quantitative estimate of drug-likeness (QED) is 0.133. The first-order chi connectivity index (χ1) is 32.9. The maximum absolute atomic E-state index is 15.4. The second kappa shape index (κ2) is 18.1. The highest BCUT2D eigenvalue weighted by Gasteiger charge is 2.45. The summed E-state index contributed by atoms with van der Waals surface area (Å²) in [4.78, 5) is 62.1. The number of likely N-dealkylation sites (tertiary alicyclic amines) is 2. The highest BCUT2D eigenvalue weighted by molar-refractivity contribution is 6.05. The van der Waals surface area contributed by atoms with Crippen LogP contribution < -0.4 is 10.6 Å². The third kappa shape index (κ3) is 8.52. The fourth-order valence-corrected chi connectivity index (χ4v) is 12.8. The smallest absolute Gasteiger partial charge is 0.255 e. The van der Waals surface area contributed by atoms with Gasteiger partial charge in [-0.25, -0.2) is 23.7 Å². The Labute approximate surface area is 396 Å². The summed E-state index contributed by atoms with van der Waals surface area (Å²) in [5.41, 5.74) is 4.80. The number of carbonyl (C=O) groups is 3. The van der Waals surface area contributed by atoms with Gasteiger partial charge in [0.2, 0.25) is 17.8 Å². The van der Waals surface area contributed by atoms with Crippen LogP contribution in [-0.2, 0) is 27.1 Å². The highest BCUT2D eigenvalue weighted by atomic mass is 19.1. The molecule has 1 spiro atoms. The number of nitrogens with one attached hydrogen (secondary N) is 2. The summed E-state index contributed by atoms with van der Waals surface area (Å²) >= 11 is 0. The third-order valence-corrected chi connectivity index (χ3v) is 16.9. The van der Waals surface area contributed by atoms with Crippen LogP contribution in [0.25, 0.3) is 11.3 Å². The van der Waals surface area contributed by atoms with E-state index in [4.69, 9.17) is 0 Å². The monoisotopic (exact) mass is 925 g/mol. The molecular weight excluding hydrogens is 865 g/mol. The number of halogens is 2. The number of nitrogens with zero attached hydrogens (tertiary/aromatic N) is 7. The number of aliphatic hydroxyl groups is 1. The summed E-state index contributed by atoms with van der Waals surface area (Å²) in [6, 6.07) is 12.2. The average molecular weight is 926 g/mol. The Bertz CT molecular complexity index is 2650. The lowest BCUT2D eigenvalue weighted by Crippen LogP contribution is -2.52. The molecule has 11 rings (SSSR count). The van der Waals surface area contributed by atoms with E-state index in [2.05, 4.69) is 46.4 Å². The Balaban J connectivity index is 0.617. The lowest BCUT2D eigenvalue weighted by Gasteiger charge is -2.41. The molecule has 68 heavy (non-hydrogen) atoms. The summed E-state index contributed by atoms with van der Waals surface area (Å²) in [6.45, 7) is 8.31. The summed E-state index contributed by atoms with van der Waals surface area (Å²) in [6.07, 6.45) is 16.0. The molecule has 0 radical (unpaired) electrons. The van der Waals surface area contributed by atoms with Crippen molar-refractivity contribution in [1.82, 2.24) is 35.0 Å². The van der Waals surface area contributed by atoms with E-state index in [0.717, 1.165) is 112 Å². The van der Waals surface area contributed by atoms with Gasteiger partial charge in [-0.2, -0.15) is 0 Å². The van der Waals surface area contributed by atoms with Crippen LogP contribution in [0.5, 0.6) is 0 Å². The van der Waals surface area contributed by atoms with Crippen LogP contribution in [0.1, 0.15) is 135 Å². The molecule has 1 atom stereocenters. The minimum Gasteiger partial charge on any atom is -0.385 e. The largest absolute Gasteiger partial charge is 0.385 e. The SMILES string of the molecule is CC1=Nc2c(F)cc(-c3nc(Nc4ccc(C5CCN(CC6CCC(CN7CCC(O)(c8ccc9c(c8)CN(C8CCC(=O)NC8=O)C9=O)CC7)CC6)CC5)cn4)ncc3F)cc2C12CCCC2. The first-order valence-electron chi connectivity index (χ1n) is 25.0. The molecule has 0 bridgehead atoms. The van der Waals surface area contributed by atoms with Gasteiger partial charge in [0.05, 0.1) is 11.8 Å². The molecule has 4 aromatic rings. The normalized spacial score (nSPS) is 25.1. The van der Waals surface area contributed by atoms with E-state index in [0.29, 0.717) is 60.3 Å². The van der Waals surface area contributed by atoms with Gasteiger partial charge < -0.3 is 25.1 Å². The molecule has 3 N–H and O–H groups in total. The van der Waals surface area contributed by atoms with Crippen LogP contribution >= 0.6 is 0 Å². The fraction of sp³-hybridized carbons (Fsp3) is 0.528. The van der Waals surface area contributed by atoms with Crippen molar-refractivity contribution in [1.29, 1.82) is 0 Å². The lowest BCUT2D eigenvalue weighted by atomic mass is 9.76. The molecule has 2 aliphatic carbocycles. The Morgan fingerprint density at radius 1 is 0.809 bits per heavy atom. The third-order valence-electron chi connectivity index (χ3n) is 16.9. The van der Waals surface area contributed by atoms with Gasteiger partial charge in [0.15, 0.2) is 5.82 Å². The number of anilines is 2. The van der Waals surface area contributed by atoms with Crippen LogP contribution in [0.15, 0.2) is 59.9 Å². The lowest BCUT2D eigenvalue weighted by molar-refractivity contribution is -0.136. The first-order valence-corrected chi connectivity index (χ1v) is 25.0. The van der Waals surface area contributed by atoms with E-state index in [9.17, 15) is 19.5 Å². The maximum atomic E-state index is 15.4. The Hall–Kier alpha value is -5.51. The number of aliphatic imine (C=N–C) groups is 1. The van der Waals surface area contributed by atoms with E-state index in [-0.39, 0.29) is 35.3 Å². The van der Waals surface area contributed by atoms with Gasteiger partial charge in [-0.1, -0.05) is 31.0 Å². The minimum absolute atomic E-state index is 0.0472. The standard InChI is InChI=1S/C53H61F2N9O4/c1-32-52(16-2-3-17-52)41-25-37(26-42(54)48(41)58-32)47-43(55)28-57-51(61-47)59-45-12-8-36(27-56-45)35-14-20-62(21-15-35)29-33-4-6-34(7-5-33)30-63-22-18-53(68,19-23-63)39-9-10-40-38(24-39)31-64(50(40)67)44-11-13-46(65)60-49(44)66/h8-10,12,24-28,33-35,44,68H,2-7,11,13-23,29-31H2,1H3,(H,60,65,66)(H,56,57,59,61). The minimum atomic E-state index is -0.951. The number of hydrogen-bond acceptors (Lipinski definition) is 11. The molecule has 7 aliphatic rings. The van der Waals surface area contributed by atoms with Gasteiger partial charge in [0, 0.05) is 67.6 Å². The van der Waals surface area contributed by atoms with E-state index in [1.165, 1.54) is 37.3 Å². The van der Waals surface area contributed by atoms with E-state index in [1.807, 2.05) is 37.4 Å². The molecule has 2 saturated carbocycles. The van der Waals surface area contributed by atoms with Crippen molar-refractivity contribution >= 4 is 40.9 Å². The number of amides is 3. The van der Waals surface area contributed by atoms with Gasteiger partial charge in [0.1, 0.15) is 29.1 Å². The highest BCUT2D eigenvalue weighted by Crippen LogP contribution is 2.52. The molecule has 13 nitrogen and oxygen atoms in total. The van der Waals surface area contributed by atoms with E-state index >= 15 is 8.78 Å². The summed E-state index contributed by atoms with van der Waals surface area (Å²) in [5, 5.41) is 17.3. The van der Waals surface area contributed by atoms with E-state index in [1.54, 1.807) is 11.0 Å². The number of rotatable bonds is 10. The van der Waals surface area contributed by atoms with Crippen molar-refractivity contribution in [2.45, 2.75) is 126 Å². The molecule has 5 aliphatic heterocycles. The van der Waals surface area contributed by atoms with Crippen LogP contribution in [0.3, 0.4) is 0 Å². The maximum Gasteiger partial charge on any atom is 0.255 e. The number of fused-ring (bicyclic) bond motifs is 3. The molecular formula is C53H61F2N9O4. The number of imide groups is 1. The van der Waals surface area contributed by atoms with Crippen molar-refractivity contribution in [3.8, 4) is 11.3 Å². The number of carbonyl (C=O) groups excluding carboxylic acids is 3. The fourth-order valence-electron chi connectivity index (χ4n) is 12.8. The van der Waals surface area contributed by atoms with Crippen LogP contribution in [0.2, 0.25) is 0 Å². The number of hydrogen-bond donors (Lipinski definition) is 3. The Morgan fingerprint density at radius 2 is 1.53 bits per heavy atom. The predicted molar refractivity (Wildman–Crippen MR) is 254 cm³/mol. The van der Waals surface area contributed by atoms with Crippen molar-refractivity contribution in [2.24, 2.45) is 16.8 Å².